The molecule has 0 amide bonds. The van der Waals surface area contributed by atoms with Crippen LogP contribution in [-0.4, -0.2) is 11.9 Å². The smallest absolute Gasteiger partial charge is 0.169 e. The third-order valence-corrected chi connectivity index (χ3v) is 3.91. The van der Waals surface area contributed by atoms with Crippen LogP contribution in [0.3, 0.4) is 0 Å². The van der Waals surface area contributed by atoms with Crippen LogP contribution in [0.4, 0.5) is 0 Å². The minimum atomic E-state index is -0.280. The summed E-state index contributed by atoms with van der Waals surface area (Å²) in [6, 6.07) is 10.4. The van der Waals surface area contributed by atoms with E-state index in [4.69, 9.17) is 9.47 Å². The molecule has 92 valence electrons. The number of hydrogen-bond donors (Lipinski definition) is 0. The lowest BCUT2D eigenvalue weighted by Gasteiger charge is -2.31. The fourth-order valence-corrected chi connectivity index (χ4v) is 3.06. The van der Waals surface area contributed by atoms with Crippen molar-refractivity contribution in [2.75, 3.05) is 0 Å². The summed E-state index contributed by atoms with van der Waals surface area (Å²) in [6.07, 6.45) is 6.16. The highest BCUT2D eigenvalue weighted by atomic mass is 16.8. The van der Waals surface area contributed by atoms with Crippen molar-refractivity contribution in [3.05, 3.63) is 35.9 Å². The number of hydrogen-bond acceptors (Lipinski definition) is 2. The van der Waals surface area contributed by atoms with Gasteiger partial charge in [-0.3, -0.25) is 0 Å². The summed E-state index contributed by atoms with van der Waals surface area (Å²) in [6.45, 7) is 2.13. The Kier molecular flexibility index (Phi) is 2.93. The molecule has 0 bridgehead atoms. The predicted molar refractivity (Wildman–Crippen MR) is 66.6 cm³/mol. The normalized spacial score (nSPS) is 31.8. The van der Waals surface area contributed by atoms with Crippen molar-refractivity contribution in [3.63, 3.8) is 0 Å². The van der Waals surface area contributed by atoms with Gasteiger partial charge in [0.25, 0.3) is 0 Å². The zero-order chi connectivity index (χ0) is 11.7. The van der Waals surface area contributed by atoms with Crippen molar-refractivity contribution in [3.8, 4) is 0 Å². The Bertz CT molecular complexity index is 368. The molecule has 0 N–H and O–H groups in total. The first-order chi connectivity index (χ1) is 8.29. The van der Waals surface area contributed by atoms with Crippen LogP contribution in [-0.2, 0) is 9.47 Å². The zero-order valence-electron chi connectivity index (χ0n) is 10.4. The molecule has 0 aromatic heterocycles. The van der Waals surface area contributed by atoms with E-state index in [-0.39, 0.29) is 18.0 Å². The molecular weight excluding hydrogens is 212 g/mol. The molecule has 1 heterocycles. The molecular formula is C15H20O2. The number of rotatable bonds is 1. The van der Waals surface area contributed by atoms with Gasteiger partial charge in [0.05, 0.1) is 6.10 Å². The van der Waals surface area contributed by atoms with Crippen LogP contribution in [0.25, 0.3) is 0 Å². The second-order valence-electron chi connectivity index (χ2n) is 5.24. The van der Waals surface area contributed by atoms with Gasteiger partial charge < -0.3 is 9.47 Å². The third kappa shape index (κ3) is 2.12. The van der Waals surface area contributed by atoms with E-state index in [2.05, 4.69) is 31.2 Å². The van der Waals surface area contributed by atoms with Gasteiger partial charge in [-0.25, -0.2) is 0 Å². The Morgan fingerprint density at radius 1 is 1.00 bits per heavy atom. The molecule has 1 aliphatic heterocycles. The summed E-state index contributed by atoms with van der Waals surface area (Å²) < 4.78 is 12.4. The summed E-state index contributed by atoms with van der Waals surface area (Å²) in [7, 11) is 0. The molecule has 2 aliphatic rings. The number of benzene rings is 1. The molecule has 2 nitrogen and oxygen atoms in total. The third-order valence-electron chi connectivity index (χ3n) is 3.91. The molecule has 2 unspecified atom stereocenters. The minimum Gasteiger partial charge on any atom is -0.344 e. The van der Waals surface area contributed by atoms with Crippen LogP contribution in [0.5, 0.6) is 0 Å². The summed E-state index contributed by atoms with van der Waals surface area (Å²) >= 11 is 0. The number of ether oxygens (including phenoxy) is 2. The van der Waals surface area contributed by atoms with Gasteiger partial charge >= 0.3 is 0 Å². The van der Waals surface area contributed by atoms with Gasteiger partial charge in [0.15, 0.2) is 5.79 Å². The molecule has 1 saturated heterocycles. The van der Waals surface area contributed by atoms with Gasteiger partial charge in [-0.1, -0.05) is 36.8 Å². The molecule has 0 radical (unpaired) electrons. The van der Waals surface area contributed by atoms with Gasteiger partial charge in [-0.2, -0.15) is 0 Å². The van der Waals surface area contributed by atoms with E-state index in [0.717, 1.165) is 12.8 Å². The summed E-state index contributed by atoms with van der Waals surface area (Å²) in [5.41, 5.74) is 1.24. The van der Waals surface area contributed by atoms with E-state index in [1.807, 2.05) is 6.07 Å². The van der Waals surface area contributed by atoms with E-state index >= 15 is 0 Å². The van der Waals surface area contributed by atoms with E-state index < -0.39 is 0 Å². The molecule has 2 heteroatoms. The highest BCUT2D eigenvalue weighted by Crippen LogP contribution is 2.45. The molecule has 1 spiro atoms. The monoisotopic (exact) mass is 232 g/mol. The van der Waals surface area contributed by atoms with Crippen LogP contribution in [0.15, 0.2) is 30.3 Å². The molecule has 3 rings (SSSR count). The molecule has 2 fully saturated rings. The SMILES string of the molecule is CC1OC2(CCCCC2)OC1c1ccccc1. The van der Waals surface area contributed by atoms with Crippen LogP contribution in [0.2, 0.25) is 0 Å². The van der Waals surface area contributed by atoms with Crippen molar-refractivity contribution < 1.29 is 9.47 Å². The van der Waals surface area contributed by atoms with Gasteiger partial charge in [0.1, 0.15) is 6.10 Å². The highest BCUT2D eigenvalue weighted by Gasteiger charge is 2.46. The Morgan fingerprint density at radius 2 is 1.71 bits per heavy atom. The second kappa shape index (κ2) is 4.43. The Balaban J connectivity index is 1.80. The molecule has 2 atom stereocenters. The maximum absolute atomic E-state index is 6.27. The Morgan fingerprint density at radius 3 is 2.41 bits per heavy atom. The molecule has 1 saturated carbocycles. The molecule has 1 aliphatic carbocycles. The fraction of sp³-hybridized carbons (Fsp3) is 0.600. The summed E-state index contributed by atoms with van der Waals surface area (Å²) in [5, 5.41) is 0. The van der Waals surface area contributed by atoms with Crippen LogP contribution in [0, 0.1) is 0 Å². The summed E-state index contributed by atoms with van der Waals surface area (Å²) in [5.74, 6) is -0.280. The van der Waals surface area contributed by atoms with Crippen LogP contribution >= 0.6 is 0 Å². The van der Waals surface area contributed by atoms with Crippen molar-refractivity contribution in [1.29, 1.82) is 0 Å². The molecule has 17 heavy (non-hydrogen) atoms. The lowest BCUT2D eigenvalue weighted by Crippen LogP contribution is -2.33. The minimum absolute atomic E-state index is 0.106. The first-order valence-corrected chi connectivity index (χ1v) is 6.70. The van der Waals surface area contributed by atoms with E-state index in [1.54, 1.807) is 0 Å². The van der Waals surface area contributed by atoms with Gasteiger partial charge in [-0.05, 0) is 25.3 Å². The van der Waals surface area contributed by atoms with Gasteiger partial charge in [-0.15, -0.1) is 0 Å². The van der Waals surface area contributed by atoms with E-state index in [0.29, 0.717) is 0 Å². The highest BCUT2D eigenvalue weighted by molar-refractivity contribution is 5.19. The van der Waals surface area contributed by atoms with Gasteiger partial charge in [0.2, 0.25) is 0 Å². The largest absolute Gasteiger partial charge is 0.344 e. The van der Waals surface area contributed by atoms with E-state index in [9.17, 15) is 0 Å². The van der Waals surface area contributed by atoms with Crippen LogP contribution in [0.1, 0.15) is 50.7 Å². The lowest BCUT2D eigenvalue weighted by atomic mass is 9.94. The zero-order valence-corrected chi connectivity index (χ0v) is 10.4. The lowest BCUT2D eigenvalue weighted by molar-refractivity contribution is -0.193. The topological polar surface area (TPSA) is 18.5 Å². The second-order valence-corrected chi connectivity index (χ2v) is 5.24. The standard InChI is InChI=1S/C15H20O2/c1-12-14(13-8-4-2-5-9-13)17-15(16-12)10-6-3-7-11-15/h2,4-5,8-9,12,14H,3,6-7,10-11H2,1H3. The van der Waals surface area contributed by atoms with E-state index in [1.165, 1.54) is 24.8 Å². The fourth-order valence-electron chi connectivity index (χ4n) is 3.06. The Hall–Kier alpha value is -0.860. The summed E-state index contributed by atoms with van der Waals surface area (Å²) in [4.78, 5) is 0. The maximum Gasteiger partial charge on any atom is 0.169 e. The molecule has 1 aromatic carbocycles. The first kappa shape index (κ1) is 11.2. The molecule has 1 aromatic rings. The first-order valence-electron chi connectivity index (χ1n) is 6.70. The Labute approximate surface area is 103 Å². The average Bonchev–Trinajstić information content (AvgIpc) is 2.68. The van der Waals surface area contributed by atoms with Crippen LogP contribution < -0.4 is 0 Å². The van der Waals surface area contributed by atoms with Crippen molar-refractivity contribution in [2.24, 2.45) is 0 Å². The van der Waals surface area contributed by atoms with Crippen molar-refractivity contribution >= 4 is 0 Å². The van der Waals surface area contributed by atoms with Crippen molar-refractivity contribution in [1.82, 2.24) is 0 Å². The average molecular weight is 232 g/mol. The van der Waals surface area contributed by atoms with Gasteiger partial charge in [0, 0.05) is 12.8 Å². The van der Waals surface area contributed by atoms with Crippen molar-refractivity contribution in [2.45, 2.75) is 57.0 Å². The quantitative estimate of drug-likeness (QED) is 0.732. The maximum atomic E-state index is 6.27. The predicted octanol–water partition coefficient (Wildman–Crippen LogP) is 3.82.